The van der Waals surface area contributed by atoms with Gasteiger partial charge in [-0.3, -0.25) is 14.4 Å². The van der Waals surface area contributed by atoms with Crippen LogP contribution in [0.1, 0.15) is 36.2 Å². The number of benzene rings is 3. The van der Waals surface area contributed by atoms with E-state index in [9.17, 15) is 14.4 Å². The molecule has 3 amide bonds. The number of thioether (sulfide) groups is 1. The number of carbonyl (C=O) groups excluding carboxylic acids is 3. The zero-order valence-corrected chi connectivity index (χ0v) is 27.6. The molecule has 0 saturated heterocycles. The zero-order valence-electron chi connectivity index (χ0n) is 25.2. The van der Waals surface area contributed by atoms with Crippen LogP contribution in [0.25, 0.3) is 16.6 Å². The smallest absolute Gasteiger partial charge is 0.272 e. The third kappa shape index (κ3) is 8.94. The molecule has 0 saturated carbocycles. The van der Waals surface area contributed by atoms with Gasteiger partial charge in [-0.25, -0.2) is 4.98 Å². The fourth-order valence-corrected chi connectivity index (χ4v) is 6.81. The fraction of sp³-hybridized carbons (Fsp3) is 0.143. The first-order valence-corrected chi connectivity index (χ1v) is 17.2. The normalized spacial score (nSPS) is 11.8. The molecule has 0 radical (unpaired) electrons. The number of nitrogens with one attached hydrogen (secondary N) is 3. The predicted molar refractivity (Wildman–Crippen MR) is 189 cm³/mol. The van der Waals surface area contributed by atoms with Crippen LogP contribution < -0.4 is 20.7 Å². The topological polar surface area (TPSA) is 109 Å². The number of nitrogens with zero attached hydrogens (tertiary/aromatic N) is 1. The van der Waals surface area contributed by atoms with E-state index in [0.29, 0.717) is 40.7 Å². The SMILES string of the molecule is CCOc1ccc(/C=C(/NC(=O)c2ccccc2)C(=O)Nc2cccc(SC(CC)C(=O)Nc3nc(-c4cccs4)cs3)c2)cc1. The highest BCUT2D eigenvalue weighted by molar-refractivity contribution is 8.00. The Hall–Kier alpha value is -4.71. The molecule has 11 heteroatoms. The molecule has 0 aliphatic heterocycles. The van der Waals surface area contributed by atoms with Gasteiger partial charge in [-0.15, -0.1) is 34.4 Å². The number of rotatable bonds is 13. The largest absolute Gasteiger partial charge is 0.494 e. The van der Waals surface area contributed by atoms with Crippen LogP contribution in [0.2, 0.25) is 0 Å². The number of hydrogen-bond donors (Lipinski definition) is 3. The van der Waals surface area contributed by atoms with Crippen LogP contribution in [0.5, 0.6) is 5.75 Å². The van der Waals surface area contributed by atoms with E-state index in [0.717, 1.165) is 15.5 Å². The fourth-order valence-electron chi connectivity index (χ4n) is 4.32. The Bertz CT molecular complexity index is 1800. The van der Waals surface area contributed by atoms with E-state index in [1.54, 1.807) is 47.7 Å². The second-order valence-corrected chi connectivity index (χ2v) is 13.0. The lowest BCUT2D eigenvalue weighted by atomic mass is 10.1. The van der Waals surface area contributed by atoms with E-state index in [-0.39, 0.29) is 16.9 Å². The van der Waals surface area contributed by atoms with Crippen molar-refractivity contribution in [3.63, 3.8) is 0 Å². The maximum absolute atomic E-state index is 13.5. The summed E-state index contributed by atoms with van der Waals surface area (Å²) in [5.41, 5.74) is 2.58. The van der Waals surface area contributed by atoms with E-state index in [2.05, 4.69) is 20.9 Å². The average molecular weight is 669 g/mol. The van der Waals surface area contributed by atoms with Gasteiger partial charge in [-0.05, 0) is 78.9 Å². The molecule has 234 valence electrons. The Morgan fingerprint density at radius 1 is 0.913 bits per heavy atom. The molecule has 1 unspecified atom stereocenters. The van der Waals surface area contributed by atoms with Gasteiger partial charge in [0.2, 0.25) is 5.91 Å². The first-order valence-electron chi connectivity index (χ1n) is 14.6. The van der Waals surface area contributed by atoms with Crippen molar-refractivity contribution in [2.75, 3.05) is 17.2 Å². The molecule has 3 N–H and O–H groups in total. The summed E-state index contributed by atoms with van der Waals surface area (Å²) in [4.78, 5) is 46.1. The Morgan fingerprint density at radius 3 is 2.43 bits per heavy atom. The number of carbonyl (C=O) groups is 3. The zero-order chi connectivity index (χ0) is 32.3. The van der Waals surface area contributed by atoms with Crippen molar-refractivity contribution in [1.82, 2.24) is 10.3 Å². The van der Waals surface area contributed by atoms with Gasteiger partial charge >= 0.3 is 0 Å². The van der Waals surface area contributed by atoms with E-state index in [1.165, 1.54) is 23.1 Å². The van der Waals surface area contributed by atoms with Crippen molar-refractivity contribution in [2.24, 2.45) is 0 Å². The maximum Gasteiger partial charge on any atom is 0.272 e. The summed E-state index contributed by atoms with van der Waals surface area (Å²) in [5.74, 6) is -0.326. The molecule has 46 heavy (non-hydrogen) atoms. The Morgan fingerprint density at radius 2 is 1.72 bits per heavy atom. The number of thiophene rings is 1. The van der Waals surface area contributed by atoms with Crippen LogP contribution >= 0.6 is 34.4 Å². The summed E-state index contributed by atoms with van der Waals surface area (Å²) in [7, 11) is 0. The number of hydrogen-bond acceptors (Lipinski definition) is 8. The van der Waals surface area contributed by atoms with Crippen molar-refractivity contribution in [2.45, 2.75) is 30.4 Å². The van der Waals surface area contributed by atoms with E-state index >= 15 is 0 Å². The van der Waals surface area contributed by atoms with Crippen LogP contribution in [0.15, 0.2) is 112 Å². The molecule has 0 aliphatic carbocycles. The number of ether oxygens (including phenoxy) is 1. The van der Waals surface area contributed by atoms with Gasteiger partial charge in [0.25, 0.3) is 11.8 Å². The van der Waals surface area contributed by atoms with Gasteiger partial charge < -0.3 is 20.7 Å². The summed E-state index contributed by atoms with van der Waals surface area (Å²) in [5, 5.41) is 12.7. The Balaban J connectivity index is 1.28. The van der Waals surface area contributed by atoms with Crippen LogP contribution in [0.3, 0.4) is 0 Å². The molecule has 0 aliphatic rings. The van der Waals surface area contributed by atoms with Gasteiger partial charge in [-0.2, -0.15) is 0 Å². The monoisotopic (exact) mass is 668 g/mol. The molecule has 5 rings (SSSR count). The van der Waals surface area contributed by atoms with E-state index < -0.39 is 11.8 Å². The second kappa shape index (κ2) is 16.0. The average Bonchev–Trinajstić information content (AvgIpc) is 3.78. The summed E-state index contributed by atoms with van der Waals surface area (Å²) < 4.78 is 5.52. The summed E-state index contributed by atoms with van der Waals surface area (Å²) in [6, 6.07) is 27.2. The van der Waals surface area contributed by atoms with Gasteiger partial charge in [0.1, 0.15) is 11.4 Å². The second-order valence-electron chi connectivity index (χ2n) is 9.88. The highest BCUT2D eigenvalue weighted by atomic mass is 32.2. The third-order valence-electron chi connectivity index (χ3n) is 6.57. The van der Waals surface area contributed by atoms with Crippen molar-refractivity contribution in [3.8, 4) is 16.3 Å². The van der Waals surface area contributed by atoms with Crippen molar-refractivity contribution in [1.29, 1.82) is 0 Å². The molecule has 5 aromatic rings. The lowest BCUT2D eigenvalue weighted by molar-refractivity contribution is -0.116. The van der Waals surface area contributed by atoms with Gasteiger partial charge in [0, 0.05) is 21.5 Å². The molecule has 0 bridgehead atoms. The van der Waals surface area contributed by atoms with Gasteiger partial charge in [0.05, 0.1) is 22.4 Å². The van der Waals surface area contributed by atoms with E-state index in [4.69, 9.17) is 4.74 Å². The third-order valence-corrected chi connectivity index (χ3v) is 9.58. The predicted octanol–water partition coefficient (Wildman–Crippen LogP) is 8.19. The highest BCUT2D eigenvalue weighted by Crippen LogP contribution is 2.31. The molecular formula is C35H32N4O4S3. The summed E-state index contributed by atoms with van der Waals surface area (Å²) in [6.07, 6.45) is 2.21. The first kappa shape index (κ1) is 32.7. The van der Waals surface area contributed by atoms with Crippen LogP contribution in [-0.4, -0.2) is 34.6 Å². The minimum Gasteiger partial charge on any atom is -0.494 e. The number of aromatic nitrogens is 1. The van der Waals surface area contributed by atoms with Crippen LogP contribution in [0, 0.1) is 0 Å². The lowest BCUT2D eigenvalue weighted by Gasteiger charge is -2.15. The van der Waals surface area contributed by atoms with Crippen molar-refractivity contribution in [3.05, 3.63) is 119 Å². The van der Waals surface area contributed by atoms with Crippen LogP contribution in [-0.2, 0) is 9.59 Å². The molecule has 0 fully saturated rings. The maximum atomic E-state index is 13.5. The molecule has 3 aromatic carbocycles. The quantitative estimate of drug-likeness (QED) is 0.0863. The van der Waals surface area contributed by atoms with Crippen molar-refractivity contribution < 1.29 is 19.1 Å². The number of amides is 3. The van der Waals surface area contributed by atoms with Gasteiger partial charge in [-0.1, -0.05) is 49.4 Å². The minimum absolute atomic E-state index is 0.0762. The number of anilines is 2. The Kier molecular flexibility index (Phi) is 11.4. The summed E-state index contributed by atoms with van der Waals surface area (Å²) >= 11 is 4.40. The molecule has 2 aromatic heterocycles. The van der Waals surface area contributed by atoms with Gasteiger partial charge in [0.15, 0.2) is 5.13 Å². The number of thiazole rings is 1. The molecular weight excluding hydrogens is 637 g/mol. The highest BCUT2D eigenvalue weighted by Gasteiger charge is 2.21. The summed E-state index contributed by atoms with van der Waals surface area (Å²) in [6.45, 7) is 4.40. The molecule has 0 spiro atoms. The van der Waals surface area contributed by atoms with E-state index in [1.807, 2.05) is 85.3 Å². The Labute approximate surface area is 279 Å². The molecule has 8 nitrogen and oxygen atoms in total. The molecule has 2 heterocycles. The lowest BCUT2D eigenvalue weighted by Crippen LogP contribution is -2.30. The van der Waals surface area contributed by atoms with Crippen LogP contribution in [0.4, 0.5) is 10.8 Å². The first-order chi connectivity index (χ1) is 22.4. The molecule has 1 atom stereocenters. The van der Waals surface area contributed by atoms with Crippen molar-refractivity contribution >= 4 is 69.1 Å². The minimum atomic E-state index is -0.490. The standard InChI is InChI=1S/C35H32N4O4S3/c1-3-30(34(42)39-35-38-29(22-45-35)31-14-9-19-44-31)46-27-13-8-12-25(21-27)36-33(41)28(37-32(40)24-10-6-5-7-11-24)20-23-15-17-26(18-16-23)43-4-2/h5-22,30H,3-4H2,1-2H3,(H,36,41)(H,37,40)(H,38,39,42)/b28-20+.